The van der Waals surface area contributed by atoms with Gasteiger partial charge < -0.3 is 20.1 Å². The van der Waals surface area contributed by atoms with E-state index in [4.69, 9.17) is 20.1 Å². The molecule has 2 aromatic carbocycles. The topological polar surface area (TPSA) is 66.1 Å². The molecular weight excluding hydrogens is 367 g/mol. The van der Waals surface area contributed by atoms with Gasteiger partial charge in [-0.25, -0.2) is 4.39 Å². The van der Waals surface area contributed by atoms with Crippen molar-refractivity contribution in [2.45, 2.75) is 33.0 Å². The van der Waals surface area contributed by atoms with E-state index in [1.807, 2.05) is 45.0 Å². The van der Waals surface area contributed by atoms with Gasteiger partial charge >= 0.3 is 0 Å². The number of aryl methyl sites for hydroxylation is 1. The van der Waals surface area contributed by atoms with Crippen LogP contribution < -0.4 is 15.3 Å². The monoisotopic (exact) mass is 392 g/mol. The molecule has 2 atom stereocenters. The largest absolute Gasteiger partial charge is 0.493 e. The third-order valence-electron chi connectivity index (χ3n) is 3.79. The molecule has 0 radical (unpaired) electrons. The summed E-state index contributed by atoms with van der Waals surface area (Å²) in [6.45, 7) is 6.27. The van der Waals surface area contributed by atoms with Crippen molar-refractivity contribution >= 4 is 17.0 Å². The smallest absolute Gasteiger partial charge is 0.267 e. The molecule has 0 bridgehead atoms. The Morgan fingerprint density at radius 1 is 1.04 bits per heavy atom. The van der Waals surface area contributed by atoms with Crippen molar-refractivity contribution in [1.82, 2.24) is 0 Å². The van der Waals surface area contributed by atoms with Crippen LogP contribution in [0, 0.1) is 12.7 Å². The van der Waals surface area contributed by atoms with Gasteiger partial charge in [-0.3, -0.25) is 0 Å². The molecule has 7 heteroatoms. The zero-order valence-corrected chi connectivity index (χ0v) is 16.5. The normalized spacial score (nSPS) is 13.7. The Morgan fingerprint density at radius 3 is 2.30 bits per heavy atom. The molecule has 0 saturated heterocycles. The van der Waals surface area contributed by atoms with Crippen LogP contribution in [0.15, 0.2) is 53.6 Å². The maximum atomic E-state index is 13.0. The molecule has 0 heterocycles. The zero-order valence-electron chi connectivity index (χ0n) is 15.7. The molecule has 0 spiro atoms. The van der Waals surface area contributed by atoms with Crippen LogP contribution in [0.25, 0.3) is 0 Å². The van der Waals surface area contributed by atoms with Crippen LogP contribution in [0.5, 0.6) is 11.5 Å². The molecule has 27 heavy (non-hydrogen) atoms. The van der Waals surface area contributed by atoms with Gasteiger partial charge in [0.15, 0.2) is 0 Å². The summed E-state index contributed by atoms with van der Waals surface area (Å²) < 4.78 is 30.1. The Balaban J connectivity index is 1.72. The van der Waals surface area contributed by atoms with Gasteiger partial charge in [-0.15, -0.1) is 5.10 Å². The maximum Gasteiger partial charge on any atom is 0.267 e. The van der Waals surface area contributed by atoms with Crippen molar-refractivity contribution in [3.8, 4) is 11.5 Å². The average Bonchev–Trinajstić information content (AvgIpc) is 2.67. The molecule has 0 aliphatic rings. The van der Waals surface area contributed by atoms with Gasteiger partial charge in [-0.1, -0.05) is 29.5 Å². The van der Waals surface area contributed by atoms with E-state index in [-0.39, 0.29) is 18.0 Å². The summed E-state index contributed by atoms with van der Waals surface area (Å²) >= 11 is 1.37. The number of nitrogens with zero attached hydrogens (tertiary/aromatic N) is 1. The van der Waals surface area contributed by atoms with Crippen LogP contribution in [0.2, 0.25) is 0 Å². The van der Waals surface area contributed by atoms with Gasteiger partial charge in [0.1, 0.15) is 29.5 Å². The van der Waals surface area contributed by atoms with Gasteiger partial charge in [0.05, 0.1) is 6.61 Å². The highest BCUT2D eigenvalue weighted by Gasteiger charge is 2.18. The van der Waals surface area contributed by atoms with Gasteiger partial charge in [0.25, 0.3) is 5.23 Å². The van der Waals surface area contributed by atoms with E-state index >= 15 is 0 Å². The minimum atomic E-state index is -0.305. The van der Waals surface area contributed by atoms with E-state index in [1.54, 1.807) is 12.1 Å². The van der Waals surface area contributed by atoms with Gasteiger partial charge in [0, 0.05) is 5.75 Å². The molecule has 0 aliphatic carbocycles. The quantitative estimate of drug-likeness (QED) is 0.238. The van der Waals surface area contributed by atoms with Crippen LogP contribution >= 0.6 is 11.8 Å². The van der Waals surface area contributed by atoms with E-state index in [0.29, 0.717) is 23.3 Å². The first-order valence-corrected chi connectivity index (χ1v) is 9.65. The molecular formula is C20H25FN2O3S. The summed E-state index contributed by atoms with van der Waals surface area (Å²) in [5, 5.41) is 4.05. The average molecular weight is 392 g/mol. The van der Waals surface area contributed by atoms with Crippen LogP contribution in [-0.2, 0) is 4.74 Å². The lowest BCUT2D eigenvalue weighted by atomic mass is 10.2. The fourth-order valence-corrected chi connectivity index (χ4v) is 2.74. The molecule has 0 aromatic heterocycles. The zero-order chi connectivity index (χ0) is 19.6. The Labute approximate surface area is 163 Å². The summed E-state index contributed by atoms with van der Waals surface area (Å²) in [6.07, 6.45) is -0.556. The third-order valence-corrected chi connectivity index (χ3v) is 4.61. The van der Waals surface area contributed by atoms with Crippen LogP contribution in [0.3, 0.4) is 0 Å². The Hall–Kier alpha value is -2.41. The van der Waals surface area contributed by atoms with Crippen molar-refractivity contribution < 1.29 is 18.6 Å². The molecule has 0 aliphatic heterocycles. The lowest BCUT2D eigenvalue weighted by Crippen LogP contribution is -2.30. The summed E-state index contributed by atoms with van der Waals surface area (Å²) in [5.74, 6) is 7.15. The van der Waals surface area contributed by atoms with E-state index in [0.717, 1.165) is 5.75 Å². The summed E-state index contributed by atoms with van der Waals surface area (Å²) in [4.78, 5) is 0. The van der Waals surface area contributed by atoms with Gasteiger partial charge in [0.2, 0.25) is 0 Å². The number of rotatable bonds is 8. The number of hydrazone groups is 1. The molecule has 2 rings (SSSR count). The lowest BCUT2D eigenvalue weighted by molar-refractivity contribution is 0.0727. The SMILES string of the molecule is Cc1ccc(OCCS/C(=N/N)OC(C)C(C)Oc2ccc(F)cc2)cc1. The standard InChI is InChI=1S/C20H25FN2O3S/c1-14-4-8-18(9-5-14)24-12-13-27-20(23-22)26-16(3)15(2)25-19-10-6-17(21)7-11-19/h4-11,15-16H,12-13,22H2,1-3H3/b23-20+. The van der Waals surface area contributed by atoms with Crippen molar-refractivity contribution in [1.29, 1.82) is 0 Å². The second kappa shape index (κ2) is 10.7. The molecule has 0 amide bonds. The molecule has 5 nitrogen and oxygen atoms in total. The van der Waals surface area contributed by atoms with E-state index in [9.17, 15) is 4.39 Å². The first-order chi connectivity index (χ1) is 13.0. The number of ether oxygens (including phenoxy) is 3. The number of halogens is 1. The minimum Gasteiger partial charge on any atom is -0.493 e. The molecule has 2 unspecified atom stereocenters. The number of benzene rings is 2. The Bertz CT molecular complexity index is 723. The van der Waals surface area contributed by atoms with E-state index in [2.05, 4.69) is 5.10 Å². The maximum absolute atomic E-state index is 13.0. The Morgan fingerprint density at radius 2 is 1.67 bits per heavy atom. The van der Waals surface area contributed by atoms with Crippen molar-refractivity contribution in [2.75, 3.05) is 12.4 Å². The van der Waals surface area contributed by atoms with Crippen LogP contribution in [-0.4, -0.2) is 29.8 Å². The first-order valence-electron chi connectivity index (χ1n) is 8.67. The highest BCUT2D eigenvalue weighted by Crippen LogP contribution is 2.17. The number of nitrogens with two attached hydrogens (primary N) is 1. The predicted octanol–water partition coefficient (Wildman–Crippen LogP) is 4.35. The van der Waals surface area contributed by atoms with Crippen molar-refractivity contribution in [2.24, 2.45) is 10.9 Å². The number of thioether (sulfide) groups is 1. The number of hydrogen-bond acceptors (Lipinski definition) is 6. The third kappa shape index (κ3) is 7.38. The van der Waals surface area contributed by atoms with E-state index < -0.39 is 0 Å². The fourth-order valence-electron chi connectivity index (χ4n) is 2.10. The summed E-state index contributed by atoms with van der Waals surface area (Å²) in [5.41, 5.74) is 1.19. The summed E-state index contributed by atoms with van der Waals surface area (Å²) in [6, 6.07) is 13.7. The molecule has 0 fully saturated rings. The first kappa shape index (κ1) is 20.9. The lowest BCUT2D eigenvalue weighted by Gasteiger charge is -2.22. The second-order valence-corrected chi connectivity index (χ2v) is 7.05. The van der Waals surface area contributed by atoms with Crippen LogP contribution in [0.1, 0.15) is 19.4 Å². The highest BCUT2D eigenvalue weighted by molar-refractivity contribution is 8.13. The molecule has 146 valence electrons. The van der Waals surface area contributed by atoms with Gasteiger partial charge in [-0.05, 0) is 57.2 Å². The summed E-state index contributed by atoms with van der Waals surface area (Å²) in [7, 11) is 0. The molecule has 2 aromatic rings. The second-order valence-electron chi connectivity index (χ2n) is 6.00. The van der Waals surface area contributed by atoms with Crippen molar-refractivity contribution in [3.63, 3.8) is 0 Å². The number of hydrogen-bond donors (Lipinski definition) is 1. The van der Waals surface area contributed by atoms with Crippen molar-refractivity contribution in [3.05, 3.63) is 59.9 Å². The Kier molecular flexibility index (Phi) is 8.26. The van der Waals surface area contributed by atoms with E-state index in [1.165, 1.54) is 29.5 Å². The van der Waals surface area contributed by atoms with Gasteiger partial charge in [-0.2, -0.15) is 0 Å². The minimum absolute atomic E-state index is 0.267. The van der Waals surface area contributed by atoms with Crippen LogP contribution in [0.4, 0.5) is 4.39 Å². The highest BCUT2D eigenvalue weighted by atomic mass is 32.2. The predicted molar refractivity (Wildman–Crippen MR) is 108 cm³/mol. The fraction of sp³-hybridized carbons (Fsp3) is 0.350. The molecule has 2 N–H and O–H groups in total. The molecule has 0 saturated carbocycles.